The van der Waals surface area contributed by atoms with E-state index in [1.807, 2.05) is 0 Å². The van der Waals surface area contributed by atoms with Crippen molar-refractivity contribution in [3.8, 4) is 0 Å². The maximum atomic E-state index is 3.28. The molecule has 0 fully saturated rings. The molecular weight excluding hydrogens is 182 g/mol. The summed E-state index contributed by atoms with van der Waals surface area (Å²) in [5.74, 6) is 1.88. The highest BCUT2D eigenvalue weighted by atomic mass is 14.8. The highest BCUT2D eigenvalue weighted by molar-refractivity contribution is 4.65. The summed E-state index contributed by atoms with van der Waals surface area (Å²) in [6.45, 7) is 8.20. The van der Waals surface area contributed by atoms with Crippen molar-refractivity contribution < 1.29 is 0 Å². The van der Waals surface area contributed by atoms with Gasteiger partial charge in [0.2, 0.25) is 0 Å². The first kappa shape index (κ1) is 15.0. The van der Waals surface area contributed by atoms with Crippen LogP contribution in [-0.2, 0) is 0 Å². The van der Waals surface area contributed by atoms with Crippen LogP contribution in [0.1, 0.15) is 65.7 Å². The first-order chi connectivity index (χ1) is 7.24. The average molecular weight is 213 g/mol. The lowest BCUT2D eigenvalue weighted by molar-refractivity contribution is 0.327. The Morgan fingerprint density at radius 3 is 2.27 bits per heavy atom. The lowest BCUT2D eigenvalue weighted by Crippen LogP contribution is -2.15. The van der Waals surface area contributed by atoms with Gasteiger partial charge < -0.3 is 5.32 Å². The first-order valence-electron chi connectivity index (χ1n) is 6.89. The third-order valence-electron chi connectivity index (χ3n) is 3.29. The van der Waals surface area contributed by atoms with Crippen molar-refractivity contribution in [2.75, 3.05) is 13.6 Å². The molecule has 0 bridgehead atoms. The average Bonchev–Trinajstić information content (AvgIpc) is 2.22. The van der Waals surface area contributed by atoms with Crippen LogP contribution >= 0.6 is 0 Å². The number of hydrogen-bond donors (Lipinski definition) is 1. The van der Waals surface area contributed by atoms with E-state index in [1.165, 1.54) is 51.5 Å². The molecule has 0 rings (SSSR count). The molecule has 0 amide bonds. The quantitative estimate of drug-likeness (QED) is 0.572. The highest BCUT2D eigenvalue weighted by Crippen LogP contribution is 2.23. The summed E-state index contributed by atoms with van der Waals surface area (Å²) in [6.07, 6.45) is 9.74. The summed E-state index contributed by atoms with van der Waals surface area (Å²) in [5, 5.41) is 3.28. The molecule has 0 aromatic carbocycles. The second-order valence-electron chi connectivity index (χ2n) is 5.03. The van der Waals surface area contributed by atoms with Gasteiger partial charge in [-0.05, 0) is 38.3 Å². The Labute approximate surface area is 97.0 Å². The number of hydrogen-bond acceptors (Lipinski definition) is 1. The first-order valence-corrected chi connectivity index (χ1v) is 6.89. The van der Waals surface area contributed by atoms with Gasteiger partial charge in [0.1, 0.15) is 0 Å². The Balaban J connectivity index is 3.76. The van der Waals surface area contributed by atoms with E-state index < -0.39 is 0 Å². The largest absolute Gasteiger partial charge is 0.320 e. The van der Waals surface area contributed by atoms with E-state index >= 15 is 0 Å². The molecule has 0 spiro atoms. The van der Waals surface area contributed by atoms with Crippen LogP contribution in [0.3, 0.4) is 0 Å². The number of unbranched alkanes of at least 4 members (excludes halogenated alkanes) is 1. The molecule has 15 heavy (non-hydrogen) atoms. The molecule has 0 aliphatic carbocycles. The standard InChI is InChI=1S/C14H31N/c1-5-7-9-14(10-11-15-4)12-13(3)8-6-2/h13-15H,5-12H2,1-4H3. The smallest absolute Gasteiger partial charge is 0.00493 e. The molecule has 1 heteroatoms. The molecule has 0 radical (unpaired) electrons. The Hall–Kier alpha value is -0.0400. The Morgan fingerprint density at radius 1 is 1.00 bits per heavy atom. The van der Waals surface area contributed by atoms with E-state index in [4.69, 9.17) is 0 Å². The molecule has 0 aromatic rings. The van der Waals surface area contributed by atoms with Gasteiger partial charge in [-0.3, -0.25) is 0 Å². The highest BCUT2D eigenvalue weighted by Gasteiger charge is 2.11. The zero-order valence-corrected chi connectivity index (χ0v) is 11.3. The van der Waals surface area contributed by atoms with Gasteiger partial charge in [-0.2, -0.15) is 0 Å². The van der Waals surface area contributed by atoms with Gasteiger partial charge in [-0.25, -0.2) is 0 Å². The fourth-order valence-electron chi connectivity index (χ4n) is 2.40. The van der Waals surface area contributed by atoms with Crippen LogP contribution < -0.4 is 5.32 Å². The summed E-state index contributed by atoms with van der Waals surface area (Å²) < 4.78 is 0. The molecule has 0 saturated carbocycles. The summed E-state index contributed by atoms with van der Waals surface area (Å²) in [5.41, 5.74) is 0. The van der Waals surface area contributed by atoms with Gasteiger partial charge in [0, 0.05) is 0 Å². The van der Waals surface area contributed by atoms with Crippen LogP contribution in [0.2, 0.25) is 0 Å². The fourth-order valence-corrected chi connectivity index (χ4v) is 2.40. The van der Waals surface area contributed by atoms with Gasteiger partial charge in [-0.1, -0.05) is 52.9 Å². The van der Waals surface area contributed by atoms with E-state index in [1.54, 1.807) is 0 Å². The van der Waals surface area contributed by atoms with Gasteiger partial charge in [0.05, 0.1) is 0 Å². The lowest BCUT2D eigenvalue weighted by Gasteiger charge is -2.20. The fraction of sp³-hybridized carbons (Fsp3) is 1.00. The molecule has 2 unspecified atom stereocenters. The molecule has 0 saturated heterocycles. The third-order valence-corrected chi connectivity index (χ3v) is 3.29. The van der Waals surface area contributed by atoms with Crippen molar-refractivity contribution in [1.82, 2.24) is 5.32 Å². The second-order valence-corrected chi connectivity index (χ2v) is 5.03. The van der Waals surface area contributed by atoms with E-state index in [-0.39, 0.29) is 0 Å². The van der Waals surface area contributed by atoms with Crippen molar-refractivity contribution in [3.63, 3.8) is 0 Å². The summed E-state index contributed by atoms with van der Waals surface area (Å²) in [6, 6.07) is 0. The van der Waals surface area contributed by atoms with Crippen LogP contribution in [0.5, 0.6) is 0 Å². The molecule has 1 nitrogen and oxygen atoms in total. The Bertz CT molecular complexity index is 115. The molecule has 0 heterocycles. The Kier molecular flexibility index (Phi) is 10.4. The van der Waals surface area contributed by atoms with Crippen LogP contribution in [0.15, 0.2) is 0 Å². The molecule has 0 aromatic heterocycles. The zero-order chi connectivity index (χ0) is 11.5. The van der Waals surface area contributed by atoms with Gasteiger partial charge in [0.15, 0.2) is 0 Å². The minimum atomic E-state index is 0.925. The molecule has 0 aliphatic rings. The SMILES string of the molecule is CCCCC(CCNC)CC(C)CCC. The minimum Gasteiger partial charge on any atom is -0.320 e. The molecular formula is C14H31N. The lowest BCUT2D eigenvalue weighted by atomic mass is 9.87. The second kappa shape index (κ2) is 10.5. The maximum Gasteiger partial charge on any atom is -0.00493 e. The van der Waals surface area contributed by atoms with Crippen LogP contribution in [-0.4, -0.2) is 13.6 Å². The van der Waals surface area contributed by atoms with Crippen molar-refractivity contribution in [1.29, 1.82) is 0 Å². The molecule has 1 N–H and O–H groups in total. The monoisotopic (exact) mass is 213 g/mol. The van der Waals surface area contributed by atoms with Crippen LogP contribution in [0, 0.1) is 11.8 Å². The van der Waals surface area contributed by atoms with Gasteiger partial charge in [0.25, 0.3) is 0 Å². The number of nitrogens with one attached hydrogen (secondary N) is 1. The predicted molar refractivity (Wildman–Crippen MR) is 70.2 cm³/mol. The topological polar surface area (TPSA) is 12.0 Å². The normalized spacial score (nSPS) is 15.2. The van der Waals surface area contributed by atoms with Gasteiger partial charge in [-0.15, -0.1) is 0 Å². The van der Waals surface area contributed by atoms with E-state index in [2.05, 4.69) is 33.1 Å². The summed E-state index contributed by atoms with van der Waals surface area (Å²) in [4.78, 5) is 0. The third kappa shape index (κ3) is 8.92. The Morgan fingerprint density at radius 2 is 1.73 bits per heavy atom. The van der Waals surface area contributed by atoms with E-state index in [0.29, 0.717) is 0 Å². The maximum absolute atomic E-state index is 3.28. The van der Waals surface area contributed by atoms with Crippen LogP contribution in [0.25, 0.3) is 0 Å². The molecule has 0 aliphatic heterocycles. The zero-order valence-electron chi connectivity index (χ0n) is 11.3. The van der Waals surface area contributed by atoms with Crippen molar-refractivity contribution in [3.05, 3.63) is 0 Å². The van der Waals surface area contributed by atoms with Crippen molar-refractivity contribution in [2.45, 2.75) is 65.7 Å². The summed E-state index contributed by atoms with van der Waals surface area (Å²) >= 11 is 0. The predicted octanol–water partition coefficient (Wildman–Crippen LogP) is 4.23. The molecule has 92 valence electrons. The number of rotatable bonds is 10. The molecule has 2 atom stereocenters. The van der Waals surface area contributed by atoms with Crippen molar-refractivity contribution >= 4 is 0 Å². The minimum absolute atomic E-state index is 0.925. The van der Waals surface area contributed by atoms with Crippen LogP contribution in [0.4, 0.5) is 0 Å². The van der Waals surface area contributed by atoms with E-state index in [9.17, 15) is 0 Å². The van der Waals surface area contributed by atoms with Gasteiger partial charge >= 0.3 is 0 Å². The summed E-state index contributed by atoms with van der Waals surface area (Å²) in [7, 11) is 2.06. The van der Waals surface area contributed by atoms with E-state index in [0.717, 1.165) is 11.8 Å². The van der Waals surface area contributed by atoms with Crippen molar-refractivity contribution in [2.24, 2.45) is 11.8 Å².